The van der Waals surface area contributed by atoms with Crippen LogP contribution in [0.1, 0.15) is 78.1 Å². The Labute approximate surface area is 237 Å². The van der Waals surface area contributed by atoms with Crippen LogP contribution in [0.25, 0.3) is 0 Å². The lowest BCUT2D eigenvalue weighted by atomic mass is 10.0. The lowest BCUT2D eigenvalue weighted by Gasteiger charge is -2.25. The molecule has 10 heteroatoms. The first kappa shape index (κ1) is 38.6. The Kier molecular flexibility index (Phi) is 31.8. The second-order valence-electron chi connectivity index (χ2n) is 9.64. The maximum atomic E-state index is 10.6. The van der Waals surface area contributed by atoms with Crippen molar-refractivity contribution in [3.63, 3.8) is 0 Å². The van der Waals surface area contributed by atoms with Crippen LogP contribution in [-0.4, -0.2) is 126 Å². The van der Waals surface area contributed by atoms with Crippen molar-refractivity contribution in [1.82, 2.24) is 0 Å². The predicted molar refractivity (Wildman–Crippen MR) is 151 cm³/mol. The van der Waals surface area contributed by atoms with E-state index in [1.807, 2.05) is 0 Å². The van der Waals surface area contributed by atoms with E-state index in [2.05, 4.69) is 13.8 Å². The van der Waals surface area contributed by atoms with Gasteiger partial charge < -0.3 is 48.5 Å². The minimum atomic E-state index is -0.783. The number of hydrogen-bond donors (Lipinski definition) is 3. The Balaban J connectivity index is 3.73. The lowest BCUT2D eigenvalue weighted by molar-refractivity contribution is -0.0934. The predicted octanol–water partition coefficient (Wildman–Crippen LogP) is 3.13. The first-order valence-corrected chi connectivity index (χ1v) is 15.2. The molecule has 0 aromatic carbocycles. The largest absolute Gasteiger partial charge is 0.394 e. The molecule has 39 heavy (non-hydrogen) atoms. The minimum Gasteiger partial charge on any atom is -0.394 e. The molecule has 0 bridgehead atoms. The molecule has 0 aromatic heterocycles. The number of aliphatic hydroxyl groups excluding tert-OH is 3. The zero-order valence-electron chi connectivity index (χ0n) is 24.9. The van der Waals surface area contributed by atoms with E-state index >= 15 is 0 Å². The van der Waals surface area contributed by atoms with Crippen LogP contribution in [0.4, 0.5) is 0 Å². The molecule has 0 aliphatic heterocycles. The topological polar surface area (TPSA) is 125 Å². The van der Waals surface area contributed by atoms with E-state index in [1.165, 1.54) is 25.7 Å². The van der Waals surface area contributed by atoms with Crippen molar-refractivity contribution in [3.05, 3.63) is 0 Å². The number of ether oxygens (including phenoxy) is 7. The monoisotopic (exact) mass is 568 g/mol. The maximum absolute atomic E-state index is 10.6. The summed E-state index contributed by atoms with van der Waals surface area (Å²) in [5, 5.41) is 29.7. The Morgan fingerprint density at radius 3 is 1.49 bits per heavy atom. The number of unbranched alkanes of at least 4 members (excludes halogenated alkanes) is 6. The van der Waals surface area contributed by atoms with Gasteiger partial charge in [0, 0.05) is 13.0 Å². The summed E-state index contributed by atoms with van der Waals surface area (Å²) < 4.78 is 38.3. The SMILES string of the molecule is CCCCCCCCC(O)CC(OCCCC)C(O)COCCOCCOCCOCCOCCOCCO. The van der Waals surface area contributed by atoms with Gasteiger partial charge in [-0.3, -0.25) is 0 Å². The van der Waals surface area contributed by atoms with Gasteiger partial charge in [-0.15, -0.1) is 0 Å². The van der Waals surface area contributed by atoms with E-state index in [0.29, 0.717) is 85.7 Å². The molecule has 0 rings (SSSR count). The van der Waals surface area contributed by atoms with Crippen LogP contribution >= 0.6 is 0 Å². The van der Waals surface area contributed by atoms with Gasteiger partial charge >= 0.3 is 0 Å². The van der Waals surface area contributed by atoms with Gasteiger partial charge in [0.2, 0.25) is 0 Å². The van der Waals surface area contributed by atoms with E-state index in [9.17, 15) is 10.2 Å². The quantitative estimate of drug-likeness (QED) is 0.102. The number of aliphatic hydroxyl groups is 3. The van der Waals surface area contributed by atoms with Gasteiger partial charge in [0.1, 0.15) is 6.10 Å². The average molecular weight is 569 g/mol. The summed E-state index contributed by atoms with van der Waals surface area (Å²) >= 11 is 0. The van der Waals surface area contributed by atoms with Crippen LogP contribution in [0.2, 0.25) is 0 Å². The summed E-state index contributed by atoms with van der Waals surface area (Å²) in [6.45, 7) is 9.99. The summed E-state index contributed by atoms with van der Waals surface area (Å²) in [6.07, 6.45) is 8.57. The van der Waals surface area contributed by atoms with Crippen LogP contribution in [-0.2, 0) is 33.2 Å². The highest BCUT2D eigenvalue weighted by atomic mass is 16.6. The molecule has 0 fully saturated rings. The molecule has 0 saturated carbocycles. The Hall–Kier alpha value is -0.400. The third kappa shape index (κ3) is 28.9. The summed E-state index contributed by atoms with van der Waals surface area (Å²) in [5.41, 5.74) is 0. The molecule has 0 aromatic rings. The number of rotatable bonds is 33. The zero-order valence-corrected chi connectivity index (χ0v) is 24.9. The van der Waals surface area contributed by atoms with E-state index in [4.69, 9.17) is 38.3 Å². The molecule has 3 N–H and O–H groups in total. The first-order valence-electron chi connectivity index (χ1n) is 15.2. The van der Waals surface area contributed by atoms with Crippen molar-refractivity contribution in [2.75, 3.05) is 92.5 Å². The van der Waals surface area contributed by atoms with Crippen molar-refractivity contribution in [1.29, 1.82) is 0 Å². The van der Waals surface area contributed by atoms with E-state index in [0.717, 1.165) is 32.1 Å². The summed E-state index contributed by atoms with van der Waals surface area (Å²) in [7, 11) is 0. The summed E-state index contributed by atoms with van der Waals surface area (Å²) in [4.78, 5) is 0. The maximum Gasteiger partial charge on any atom is 0.104 e. The Bertz CT molecular complexity index is 458. The number of hydrogen-bond acceptors (Lipinski definition) is 10. The summed E-state index contributed by atoms with van der Waals surface area (Å²) in [5.74, 6) is 0. The van der Waals surface area contributed by atoms with Crippen molar-refractivity contribution in [3.8, 4) is 0 Å². The van der Waals surface area contributed by atoms with Gasteiger partial charge in [-0.25, -0.2) is 0 Å². The van der Waals surface area contributed by atoms with E-state index < -0.39 is 18.3 Å². The molecule has 0 aliphatic rings. The molecule has 236 valence electrons. The average Bonchev–Trinajstić information content (AvgIpc) is 2.93. The van der Waals surface area contributed by atoms with E-state index in [-0.39, 0.29) is 13.2 Å². The highest BCUT2D eigenvalue weighted by Gasteiger charge is 2.23. The van der Waals surface area contributed by atoms with Gasteiger partial charge in [0.05, 0.1) is 98.1 Å². The standard InChI is InChI=1S/C29H60O10/c1-3-5-7-8-9-10-11-27(31)25-29(39-13-6-4-2)28(32)26-38-24-23-37-22-21-36-20-19-35-18-17-34-16-15-33-14-12-30/h27-32H,3-26H2,1-2H3. The molecule has 3 unspecified atom stereocenters. The third-order valence-corrected chi connectivity index (χ3v) is 6.04. The third-order valence-electron chi connectivity index (χ3n) is 6.04. The van der Waals surface area contributed by atoms with Crippen molar-refractivity contribution >= 4 is 0 Å². The lowest BCUT2D eigenvalue weighted by Crippen LogP contribution is -2.36. The second-order valence-corrected chi connectivity index (χ2v) is 9.64. The van der Waals surface area contributed by atoms with Gasteiger partial charge in [0.15, 0.2) is 0 Å². The van der Waals surface area contributed by atoms with Crippen molar-refractivity contribution in [2.24, 2.45) is 0 Å². The fraction of sp³-hybridized carbons (Fsp3) is 1.00. The first-order chi connectivity index (χ1) is 19.2. The van der Waals surface area contributed by atoms with Gasteiger partial charge in [-0.05, 0) is 12.8 Å². The molecular weight excluding hydrogens is 508 g/mol. The second kappa shape index (κ2) is 32.1. The highest BCUT2D eigenvalue weighted by molar-refractivity contribution is 4.73. The zero-order chi connectivity index (χ0) is 28.7. The smallest absolute Gasteiger partial charge is 0.104 e. The minimum absolute atomic E-state index is 0.0213. The summed E-state index contributed by atoms with van der Waals surface area (Å²) in [6, 6.07) is 0. The molecular formula is C29H60O10. The molecule has 0 aliphatic carbocycles. The van der Waals surface area contributed by atoms with Crippen LogP contribution in [0.3, 0.4) is 0 Å². The normalized spacial score (nSPS) is 14.1. The van der Waals surface area contributed by atoms with Crippen LogP contribution in [0.5, 0.6) is 0 Å². The van der Waals surface area contributed by atoms with Gasteiger partial charge in [0.25, 0.3) is 0 Å². The van der Waals surface area contributed by atoms with Crippen molar-refractivity contribution < 1.29 is 48.5 Å². The Morgan fingerprint density at radius 2 is 0.974 bits per heavy atom. The van der Waals surface area contributed by atoms with Crippen LogP contribution < -0.4 is 0 Å². The molecule has 0 saturated heterocycles. The molecule has 0 amide bonds. The van der Waals surface area contributed by atoms with Crippen molar-refractivity contribution in [2.45, 2.75) is 96.4 Å². The molecule has 3 atom stereocenters. The van der Waals surface area contributed by atoms with Gasteiger partial charge in [-0.1, -0.05) is 58.8 Å². The molecule has 0 spiro atoms. The molecule has 0 radical (unpaired) electrons. The van der Waals surface area contributed by atoms with Crippen LogP contribution in [0, 0.1) is 0 Å². The van der Waals surface area contributed by atoms with E-state index in [1.54, 1.807) is 0 Å². The Morgan fingerprint density at radius 1 is 0.513 bits per heavy atom. The molecule has 0 heterocycles. The molecule has 10 nitrogen and oxygen atoms in total. The van der Waals surface area contributed by atoms with Crippen LogP contribution in [0.15, 0.2) is 0 Å². The fourth-order valence-electron chi connectivity index (χ4n) is 3.74. The fourth-order valence-corrected chi connectivity index (χ4v) is 3.74. The van der Waals surface area contributed by atoms with Gasteiger partial charge in [-0.2, -0.15) is 0 Å². The highest BCUT2D eigenvalue weighted by Crippen LogP contribution is 2.15.